The number of para-hydroxylation sites is 2. The SMILES string of the molecule is CCn1c(CCNC(=O)c2ccccc2SC(C)C(=O)O)nc2ccccc21. The van der Waals surface area contributed by atoms with Gasteiger partial charge in [0.1, 0.15) is 11.1 Å². The van der Waals surface area contributed by atoms with E-state index in [-0.39, 0.29) is 5.91 Å². The summed E-state index contributed by atoms with van der Waals surface area (Å²) in [6.45, 7) is 4.95. The number of carboxylic acid groups (broad SMARTS) is 1. The first-order chi connectivity index (χ1) is 13.5. The Kier molecular flexibility index (Phi) is 6.36. The van der Waals surface area contributed by atoms with Crippen molar-refractivity contribution in [1.82, 2.24) is 14.9 Å². The molecule has 3 aromatic rings. The molecule has 1 atom stereocenters. The molecule has 0 saturated heterocycles. The van der Waals surface area contributed by atoms with Gasteiger partial charge in [0.05, 0.1) is 16.6 Å². The first-order valence-corrected chi connectivity index (χ1v) is 10.1. The predicted molar refractivity (Wildman–Crippen MR) is 111 cm³/mol. The molecule has 0 spiro atoms. The molecule has 1 unspecified atom stereocenters. The molecule has 7 heteroatoms. The molecule has 1 aromatic heterocycles. The number of amides is 1. The standard InChI is InChI=1S/C21H23N3O3S/c1-3-24-17-10-6-5-9-16(17)23-19(24)12-13-22-20(25)15-8-4-7-11-18(15)28-14(2)21(26)27/h4-11,14H,3,12-13H2,1-2H3,(H,22,25)(H,26,27). The molecule has 0 fully saturated rings. The number of hydrogen-bond donors (Lipinski definition) is 2. The van der Waals surface area contributed by atoms with E-state index in [4.69, 9.17) is 5.11 Å². The number of nitrogens with zero attached hydrogens (tertiary/aromatic N) is 2. The zero-order valence-electron chi connectivity index (χ0n) is 15.9. The zero-order valence-corrected chi connectivity index (χ0v) is 16.7. The van der Waals surface area contributed by atoms with E-state index < -0.39 is 11.2 Å². The van der Waals surface area contributed by atoms with E-state index in [1.54, 1.807) is 31.2 Å². The highest BCUT2D eigenvalue weighted by Crippen LogP contribution is 2.27. The second-order valence-electron chi connectivity index (χ2n) is 6.36. The molecule has 2 aromatic carbocycles. The third kappa shape index (κ3) is 4.36. The number of imidazole rings is 1. The van der Waals surface area contributed by atoms with E-state index >= 15 is 0 Å². The number of rotatable bonds is 8. The van der Waals surface area contributed by atoms with Crippen LogP contribution in [0.2, 0.25) is 0 Å². The quantitative estimate of drug-likeness (QED) is 0.568. The average Bonchev–Trinajstić information content (AvgIpc) is 3.05. The molecule has 1 amide bonds. The van der Waals surface area contributed by atoms with Gasteiger partial charge in [-0.3, -0.25) is 9.59 Å². The van der Waals surface area contributed by atoms with Crippen LogP contribution in [0.15, 0.2) is 53.4 Å². The van der Waals surface area contributed by atoms with Crippen LogP contribution in [-0.2, 0) is 17.8 Å². The largest absolute Gasteiger partial charge is 0.480 e. The van der Waals surface area contributed by atoms with Crippen LogP contribution < -0.4 is 5.32 Å². The minimum atomic E-state index is -0.904. The van der Waals surface area contributed by atoms with Crippen LogP contribution in [0.1, 0.15) is 30.0 Å². The molecule has 146 valence electrons. The summed E-state index contributed by atoms with van der Waals surface area (Å²) in [5.41, 5.74) is 2.54. The Morgan fingerprint density at radius 2 is 1.89 bits per heavy atom. The molecule has 6 nitrogen and oxygen atoms in total. The molecule has 0 radical (unpaired) electrons. The van der Waals surface area contributed by atoms with Crippen LogP contribution in [0.4, 0.5) is 0 Å². The Morgan fingerprint density at radius 3 is 2.64 bits per heavy atom. The Hall–Kier alpha value is -2.80. The molecule has 3 rings (SSSR count). The predicted octanol–water partition coefficient (Wildman–Crippen LogP) is 3.59. The lowest BCUT2D eigenvalue weighted by atomic mass is 10.2. The molecule has 28 heavy (non-hydrogen) atoms. The summed E-state index contributed by atoms with van der Waals surface area (Å²) >= 11 is 1.17. The Bertz CT molecular complexity index is 999. The van der Waals surface area contributed by atoms with Crippen LogP contribution >= 0.6 is 11.8 Å². The van der Waals surface area contributed by atoms with Crippen LogP contribution in [0.3, 0.4) is 0 Å². The highest BCUT2D eigenvalue weighted by atomic mass is 32.2. The highest BCUT2D eigenvalue weighted by Gasteiger charge is 2.18. The Balaban J connectivity index is 1.68. The lowest BCUT2D eigenvalue weighted by Gasteiger charge is -2.12. The number of aromatic nitrogens is 2. The normalized spacial score (nSPS) is 12.1. The number of fused-ring (bicyclic) bond motifs is 1. The van der Waals surface area contributed by atoms with E-state index in [2.05, 4.69) is 21.8 Å². The van der Waals surface area contributed by atoms with Crippen molar-refractivity contribution < 1.29 is 14.7 Å². The highest BCUT2D eigenvalue weighted by molar-refractivity contribution is 8.00. The average molecular weight is 398 g/mol. The number of carboxylic acids is 1. The van der Waals surface area contributed by atoms with Crippen LogP contribution in [0.25, 0.3) is 11.0 Å². The first-order valence-electron chi connectivity index (χ1n) is 9.22. The van der Waals surface area contributed by atoms with Gasteiger partial charge in [-0.15, -0.1) is 11.8 Å². The molecule has 0 aliphatic carbocycles. The van der Waals surface area contributed by atoms with Gasteiger partial charge in [-0.2, -0.15) is 0 Å². The number of aliphatic carboxylic acids is 1. The summed E-state index contributed by atoms with van der Waals surface area (Å²) in [4.78, 5) is 29.1. The van der Waals surface area contributed by atoms with Gasteiger partial charge in [0.25, 0.3) is 5.91 Å². The van der Waals surface area contributed by atoms with Gasteiger partial charge in [-0.1, -0.05) is 24.3 Å². The minimum Gasteiger partial charge on any atom is -0.480 e. The molecule has 0 saturated carbocycles. The smallest absolute Gasteiger partial charge is 0.316 e. The summed E-state index contributed by atoms with van der Waals surface area (Å²) in [5.74, 6) is -0.176. The summed E-state index contributed by atoms with van der Waals surface area (Å²) in [6.07, 6.45) is 0.620. The molecule has 0 aliphatic rings. The number of hydrogen-bond acceptors (Lipinski definition) is 4. The first kappa shape index (κ1) is 19.9. The van der Waals surface area contributed by atoms with Gasteiger partial charge >= 0.3 is 5.97 Å². The minimum absolute atomic E-state index is 0.208. The van der Waals surface area contributed by atoms with Crippen LogP contribution in [-0.4, -0.2) is 38.3 Å². The summed E-state index contributed by atoms with van der Waals surface area (Å²) < 4.78 is 2.15. The van der Waals surface area contributed by atoms with E-state index in [0.29, 0.717) is 23.4 Å². The third-order valence-electron chi connectivity index (χ3n) is 4.47. The second-order valence-corrected chi connectivity index (χ2v) is 7.74. The number of thioether (sulfide) groups is 1. The van der Waals surface area contributed by atoms with Gasteiger partial charge in [0.15, 0.2) is 0 Å². The number of aryl methyl sites for hydroxylation is 1. The van der Waals surface area contributed by atoms with Gasteiger partial charge < -0.3 is 15.0 Å². The van der Waals surface area contributed by atoms with Crippen molar-refractivity contribution in [3.8, 4) is 0 Å². The van der Waals surface area contributed by atoms with Crippen molar-refractivity contribution in [2.24, 2.45) is 0 Å². The zero-order chi connectivity index (χ0) is 20.1. The van der Waals surface area contributed by atoms with Gasteiger partial charge in [0, 0.05) is 24.4 Å². The van der Waals surface area contributed by atoms with E-state index in [1.165, 1.54) is 11.8 Å². The fraction of sp³-hybridized carbons (Fsp3) is 0.286. The maximum absolute atomic E-state index is 12.6. The fourth-order valence-corrected chi connectivity index (χ4v) is 3.98. The fourth-order valence-electron chi connectivity index (χ4n) is 3.05. The Labute approximate surface area is 168 Å². The van der Waals surface area contributed by atoms with Crippen molar-refractivity contribution in [2.75, 3.05) is 6.54 Å². The number of nitrogens with one attached hydrogen (secondary N) is 1. The van der Waals surface area contributed by atoms with Crippen LogP contribution in [0.5, 0.6) is 0 Å². The summed E-state index contributed by atoms with van der Waals surface area (Å²) in [6, 6.07) is 15.1. The molecular weight excluding hydrogens is 374 g/mol. The molecule has 2 N–H and O–H groups in total. The maximum Gasteiger partial charge on any atom is 0.316 e. The van der Waals surface area contributed by atoms with Crippen molar-refractivity contribution in [3.05, 3.63) is 59.9 Å². The van der Waals surface area contributed by atoms with Gasteiger partial charge in [-0.25, -0.2) is 4.98 Å². The van der Waals surface area contributed by atoms with E-state index in [0.717, 1.165) is 23.4 Å². The molecular formula is C21H23N3O3S. The topological polar surface area (TPSA) is 84.2 Å². The maximum atomic E-state index is 12.6. The number of benzene rings is 2. The van der Waals surface area contributed by atoms with Crippen molar-refractivity contribution in [2.45, 2.75) is 37.0 Å². The Morgan fingerprint density at radius 1 is 1.18 bits per heavy atom. The number of carbonyl (C=O) groups is 2. The second kappa shape index (κ2) is 8.93. The van der Waals surface area contributed by atoms with E-state index in [1.807, 2.05) is 24.3 Å². The van der Waals surface area contributed by atoms with Gasteiger partial charge in [0.2, 0.25) is 0 Å². The van der Waals surface area contributed by atoms with E-state index in [9.17, 15) is 9.59 Å². The number of carbonyl (C=O) groups excluding carboxylic acids is 1. The van der Waals surface area contributed by atoms with Crippen molar-refractivity contribution in [3.63, 3.8) is 0 Å². The third-order valence-corrected chi connectivity index (χ3v) is 5.63. The monoisotopic (exact) mass is 397 g/mol. The summed E-state index contributed by atoms with van der Waals surface area (Å²) in [5, 5.41) is 11.4. The van der Waals surface area contributed by atoms with Gasteiger partial charge in [-0.05, 0) is 38.1 Å². The molecule has 1 heterocycles. The van der Waals surface area contributed by atoms with Crippen molar-refractivity contribution >= 4 is 34.7 Å². The lowest BCUT2D eigenvalue weighted by Crippen LogP contribution is -2.27. The van der Waals surface area contributed by atoms with Crippen molar-refractivity contribution in [1.29, 1.82) is 0 Å². The summed E-state index contributed by atoms with van der Waals surface area (Å²) in [7, 11) is 0. The molecule has 0 aliphatic heterocycles. The van der Waals surface area contributed by atoms with Crippen LogP contribution in [0, 0.1) is 0 Å². The molecule has 0 bridgehead atoms. The lowest BCUT2D eigenvalue weighted by molar-refractivity contribution is -0.136.